The lowest BCUT2D eigenvalue weighted by Crippen LogP contribution is -2.35. The maximum absolute atomic E-state index is 12.1. The maximum Gasteiger partial charge on any atom is 0.220 e. The second kappa shape index (κ2) is 7.18. The van der Waals surface area contributed by atoms with E-state index in [1.165, 1.54) is 16.5 Å². The number of hydrogen-bond donors (Lipinski definition) is 2. The Labute approximate surface area is 138 Å². The Morgan fingerprint density at radius 3 is 2.74 bits per heavy atom. The molecule has 0 aliphatic heterocycles. The van der Waals surface area contributed by atoms with E-state index in [0.717, 1.165) is 6.42 Å². The molecule has 1 amide bonds. The summed E-state index contributed by atoms with van der Waals surface area (Å²) in [4.78, 5) is 12.1. The van der Waals surface area contributed by atoms with Gasteiger partial charge in [-0.25, -0.2) is 0 Å². The molecule has 4 heteroatoms. The van der Waals surface area contributed by atoms with Gasteiger partial charge in [0.05, 0.1) is 6.10 Å². The molecule has 2 rings (SSSR count). The van der Waals surface area contributed by atoms with Crippen molar-refractivity contribution in [1.82, 2.24) is 9.88 Å². The number of fused-ring (bicyclic) bond motifs is 1. The third kappa shape index (κ3) is 4.83. The Morgan fingerprint density at radius 2 is 2.04 bits per heavy atom. The summed E-state index contributed by atoms with van der Waals surface area (Å²) < 4.78 is 2.11. The minimum absolute atomic E-state index is 0.0663. The van der Waals surface area contributed by atoms with E-state index in [1.54, 1.807) is 6.92 Å². The highest BCUT2D eigenvalue weighted by atomic mass is 16.3. The van der Waals surface area contributed by atoms with E-state index in [9.17, 15) is 9.90 Å². The molecular weight excluding hydrogens is 288 g/mol. The lowest BCUT2D eigenvalue weighted by Gasteiger charge is -2.26. The molecule has 0 radical (unpaired) electrons. The van der Waals surface area contributed by atoms with Gasteiger partial charge in [0.1, 0.15) is 0 Å². The zero-order chi connectivity index (χ0) is 17.0. The van der Waals surface area contributed by atoms with Crippen LogP contribution in [0.5, 0.6) is 0 Å². The molecule has 0 saturated heterocycles. The summed E-state index contributed by atoms with van der Waals surface area (Å²) in [5.74, 6) is 0.0663. The highest BCUT2D eigenvalue weighted by Gasteiger charge is 2.21. The number of nitrogens with zero attached hydrogens (tertiary/aromatic N) is 1. The van der Waals surface area contributed by atoms with Crippen LogP contribution >= 0.6 is 0 Å². The number of nitrogens with one attached hydrogen (secondary N) is 1. The lowest BCUT2D eigenvalue weighted by molar-refractivity contribution is -0.121. The molecule has 1 heterocycles. The van der Waals surface area contributed by atoms with Crippen molar-refractivity contribution in [3.8, 4) is 0 Å². The standard InChI is InChI=1S/C19H28N2O2/c1-14(22)11-19(2,3)13-20-18(23)10-9-15-12-21(4)17-8-6-5-7-16(15)17/h5-8,12,14,22H,9-11,13H2,1-4H3,(H,20,23). The fourth-order valence-electron chi connectivity index (χ4n) is 3.17. The van der Waals surface area contributed by atoms with Crippen LogP contribution in [0.3, 0.4) is 0 Å². The van der Waals surface area contributed by atoms with Gasteiger partial charge in [-0.3, -0.25) is 4.79 Å². The van der Waals surface area contributed by atoms with Gasteiger partial charge in [-0.1, -0.05) is 32.0 Å². The van der Waals surface area contributed by atoms with E-state index < -0.39 is 0 Å². The Bertz CT molecular complexity index is 671. The topological polar surface area (TPSA) is 54.3 Å². The first-order chi connectivity index (χ1) is 10.8. The number of hydrogen-bond acceptors (Lipinski definition) is 2. The normalized spacial score (nSPS) is 13.3. The molecule has 2 N–H and O–H groups in total. The number of aromatic nitrogens is 1. The van der Waals surface area contributed by atoms with E-state index in [4.69, 9.17) is 0 Å². The fourth-order valence-corrected chi connectivity index (χ4v) is 3.17. The predicted octanol–water partition coefficient (Wildman–Crippen LogP) is 3.02. The van der Waals surface area contributed by atoms with Gasteiger partial charge in [-0.05, 0) is 36.8 Å². The van der Waals surface area contributed by atoms with Crippen LogP contribution in [0.1, 0.15) is 39.2 Å². The summed E-state index contributed by atoms with van der Waals surface area (Å²) in [6.07, 6.45) is 3.66. The number of benzene rings is 1. The molecule has 1 aromatic carbocycles. The van der Waals surface area contributed by atoms with Crippen molar-refractivity contribution in [1.29, 1.82) is 0 Å². The Balaban J connectivity index is 1.89. The Morgan fingerprint density at radius 1 is 1.35 bits per heavy atom. The molecule has 0 spiro atoms. The van der Waals surface area contributed by atoms with Crippen molar-refractivity contribution in [2.45, 2.75) is 46.1 Å². The van der Waals surface area contributed by atoms with Crippen molar-refractivity contribution in [2.75, 3.05) is 6.54 Å². The van der Waals surface area contributed by atoms with Gasteiger partial charge in [0.15, 0.2) is 0 Å². The molecule has 0 bridgehead atoms. The van der Waals surface area contributed by atoms with Crippen LogP contribution in [-0.4, -0.2) is 28.2 Å². The molecule has 0 aliphatic rings. The van der Waals surface area contributed by atoms with Crippen LogP contribution in [0.4, 0.5) is 0 Å². The summed E-state index contributed by atoms with van der Waals surface area (Å²) in [5, 5.41) is 13.7. The van der Waals surface area contributed by atoms with Crippen molar-refractivity contribution in [3.05, 3.63) is 36.0 Å². The van der Waals surface area contributed by atoms with Crippen LogP contribution < -0.4 is 5.32 Å². The van der Waals surface area contributed by atoms with Gasteiger partial charge < -0.3 is 15.0 Å². The van der Waals surface area contributed by atoms with Gasteiger partial charge in [0.25, 0.3) is 0 Å². The van der Waals surface area contributed by atoms with Gasteiger partial charge in [-0.15, -0.1) is 0 Å². The number of carbonyl (C=O) groups is 1. The average Bonchev–Trinajstić information content (AvgIpc) is 2.79. The van der Waals surface area contributed by atoms with Crippen LogP contribution in [-0.2, 0) is 18.3 Å². The zero-order valence-corrected chi connectivity index (χ0v) is 14.6. The number of aliphatic hydroxyl groups excluding tert-OH is 1. The number of amides is 1. The minimum atomic E-state index is -0.349. The molecule has 0 aliphatic carbocycles. The van der Waals surface area contributed by atoms with E-state index in [2.05, 4.69) is 42.1 Å². The SMILES string of the molecule is CC(O)CC(C)(C)CNC(=O)CCc1cn(C)c2ccccc12. The van der Waals surface area contributed by atoms with Crippen molar-refractivity contribution in [3.63, 3.8) is 0 Å². The third-order valence-corrected chi connectivity index (χ3v) is 4.21. The number of rotatable bonds is 7. The average molecular weight is 316 g/mol. The predicted molar refractivity (Wildman–Crippen MR) is 94.3 cm³/mol. The van der Waals surface area contributed by atoms with Crippen LogP contribution in [0.15, 0.2) is 30.5 Å². The van der Waals surface area contributed by atoms with Gasteiger partial charge in [0, 0.05) is 37.1 Å². The number of para-hydroxylation sites is 1. The Kier molecular flexibility index (Phi) is 5.47. The minimum Gasteiger partial charge on any atom is -0.393 e. The second-order valence-corrected chi connectivity index (χ2v) is 7.28. The number of carbonyl (C=O) groups excluding carboxylic acids is 1. The van der Waals surface area contributed by atoms with Gasteiger partial charge in [0.2, 0.25) is 5.91 Å². The summed E-state index contributed by atoms with van der Waals surface area (Å²) in [7, 11) is 2.03. The summed E-state index contributed by atoms with van der Waals surface area (Å²) >= 11 is 0. The van der Waals surface area contributed by atoms with E-state index >= 15 is 0 Å². The summed E-state index contributed by atoms with van der Waals surface area (Å²) in [6.45, 7) is 6.49. The first kappa shape index (κ1) is 17.5. The molecule has 0 saturated carbocycles. The quantitative estimate of drug-likeness (QED) is 0.825. The van der Waals surface area contributed by atoms with E-state index in [-0.39, 0.29) is 17.4 Å². The lowest BCUT2D eigenvalue weighted by atomic mass is 9.87. The largest absolute Gasteiger partial charge is 0.393 e. The van der Waals surface area contributed by atoms with Crippen LogP contribution in [0.2, 0.25) is 0 Å². The first-order valence-corrected chi connectivity index (χ1v) is 8.26. The van der Waals surface area contributed by atoms with Crippen molar-refractivity contribution in [2.24, 2.45) is 12.5 Å². The summed E-state index contributed by atoms with van der Waals surface area (Å²) in [5.41, 5.74) is 2.31. The molecule has 2 aromatic rings. The van der Waals surface area contributed by atoms with Crippen molar-refractivity contribution < 1.29 is 9.90 Å². The highest BCUT2D eigenvalue weighted by Crippen LogP contribution is 2.22. The Hall–Kier alpha value is -1.81. The first-order valence-electron chi connectivity index (χ1n) is 8.26. The molecular formula is C19H28N2O2. The van der Waals surface area contributed by atoms with E-state index in [1.807, 2.05) is 19.2 Å². The molecule has 1 unspecified atom stereocenters. The van der Waals surface area contributed by atoms with Gasteiger partial charge >= 0.3 is 0 Å². The van der Waals surface area contributed by atoms with Crippen molar-refractivity contribution >= 4 is 16.8 Å². The fraction of sp³-hybridized carbons (Fsp3) is 0.526. The molecule has 0 fully saturated rings. The van der Waals surface area contributed by atoms with Crippen LogP contribution in [0, 0.1) is 5.41 Å². The molecule has 1 aromatic heterocycles. The monoisotopic (exact) mass is 316 g/mol. The number of aliphatic hydroxyl groups is 1. The molecule has 4 nitrogen and oxygen atoms in total. The molecule has 23 heavy (non-hydrogen) atoms. The highest BCUT2D eigenvalue weighted by molar-refractivity contribution is 5.84. The third-order valence-electron chi connectivity index (χ3n) is 4.21. The second-order valence-electron chi connectivity index (χ2n) is 7.28. The number of aryl methyl sites for hydroxylation is 2. The van der Waals surface area contributed by atoms with Crippen LogP contribution in [0.25, 0.3) is 10.9 Å². The molecule has 1 atom stereocenters. The summed E-state index contributed by atoms with van der Waals surface area (Å²) in [6, 6.07) is 8.26. The zero-order valence-electron chi connectivity index (χ0n) is 14.6. The molecule has 126 valence electrons. The smallest absolute Gasteiger partial charge is 0.220 e. The van der Waals surface area contributed by atoms with E-state index in [0.29, 0.717) is 19.4 Å². The maximum atomic E-state index is 12.1. The van der Waals surface area contributed by atoms with Gasteiger partial charge in [-0.2, -0.15) is 0 Å².